The number of carbonyl (C=O) groups excluding carboxylic acids is 1. The number of anilines is 2. The summed E-state index contributed by atoms with van der Waals surface area (Å²) in [5.41, 5.74) is 4.58. The fourth-order valence-electron chi connectivity index (χ4n) is 6.43. The molecular formula is C33H39N5O3S2. The largest absolute Gasteiger partial charge is 0.324 e. The molecule has 0 saturated carbocycles. The van der Waals surface area contributed by atoms with Gasteiger partial charge in [0.2, 0.25) is 0 Å². The standard InChI is InChI=1S/C33H39N5O3S2/c1-22-10-12-26(13-11-22)37-30(21-29(36-37)33(2,3)4)35-32(39)34-25-8-5-7-23(18-25)17-24-19-27-14-15-28(20-24)38(27)43(40,41)31-9-6-16-42-31/h5-13,16,18,21,24,27-28H,14-15,17,19-20H2,1-4H3,(H2,34,35,39). The maximum Gasteiger partial charge on any atom is 0.324 e. The number of piperidine rings is 1. The van der Waals surface area contributed by atoms with Gasteiger partial charge in [0.15, 0.2) is 0 Å². The van der Waals surface area contributed by atoms with Gasteiger partial charge in [-0.1, -0.05) is 56.7 Å². The average molecular weight is 618 g/mol. The fraction of sp³-hybridized carbons (Fsp3) is 0.394. The first kappa shape index (κ1) is 29.6. The van der Waals surface area contributed by atoms with Crippen LogP contribution < -0.4 is 10.6 Å². The molecule has 2 amide bonds. The van der Waals surface area contributed by atoms with Crippen molar-refractivity contribution in [1.29, 1.82) is 0 Å². The van der Waals surface area contributed by atoms with Crippen molar-refractivity contribution in [3.8, 4) is 5.69 Å². The van der Waals surface area contributed by atoms with Crippen LogP contribution in [0.4, 0.5) is 16.3 Å². The van der Waals surface area contributed by atoms with Crippen molar-refractivity contribution in [2.24, 2.45) is 5.92 Å². The van der Waals surface area contributed by atoms with E-state index in [9.17, 15) is 13.2 Å². The third kappa shape index (κ3) is 6.27. The summed E-state index contributed by atoms with van der Waals surface area (Å²) in [6, 6.07) is 21.2. The summed E-state index contributed by atoms with van der Waals surface area (Å²) in [5, 5.41) is 12.6. The summed E-state index contributed by atoms with van der Waals surface area (Å²) in [5.74, 6) is 0.998. The highest BCUT2D eigenvalue weighted by Gasteiger charge is 2.47. The Balaban J connectivity index is 1.12. The first-order valence-corrected chi connectivity index (χ1v) is 17.2. The number of amides is 2. The molecule has 2 aromatic carbocycles. The van der Waals surface area contributed by atoms with E-state index in [0.29, 0.717) is 21.6 Å². The lowest BCUT2D eigenvalue weighted by molar-refractivity contribution is 0.190. The summed E-state index contributed by atoms with van der Waals surface area (Å²) in [4.78, 5) is 13.2. The van der Waals surface area contributed by atoms with Crippen LogP contribution in [0.15, 0.2) is 76.3 Å². The number of fused-ring (bicyclic) bond motifs is 2. The number of benzene rings is 2. The highest BCUT2D eigenvalue weighted by Crippen LogP contribution is 2.43. The first-order valence-electron chi connectivity index (χ1n) is 14.9. The Morgan fingerprint density at radius 2 is 1.70 bits per heavy atom. The van der Waals surface area contributed by atoms with Crippen molar-refractivity contribution in [1.82, 2.24) is 14.1 Å². The second-order valence-electron chi connectivity index (χ2n) is 12.9. The highest BCUT2D eigenvalue weighted by molar-refractivity contribution is 7.91. The number of hydrogen-bond donors (Lipinski definition) is 2. The van der Waals surface area contributed by atoms with Crippen LogP contribution in [0.25, 0.3) is 5.69 Å². The van der Waals surface area contributed by atoms with E-state index in [4.69, 9.17) is 5.10 Å². The lowest BCUT2D eigenvalue weighted by Gasteiger charge is -2.37. The Morgan fingerprint density at radius 1 is 0.977 bits per heavy atom. The highest BCUT2D eigenvalue weighted by atomic mass is 32.2. The number of sulfonamides is 1. The van der Waals surface area contributed by atoms with Crippen LogP contribution in [0.3, 0.4) is 0 Å². The van der Waals surface area contributed by atoms with Crippen molar-refractivity contribution >= 4 is 38.9 Å². The van der Waals surface area contributed by atoms with Crippen molar-refractivity contribution in [3.05, 3.63) is 88.9 Å². The molecule has 2 saturated heterocycles. The Kier molecular flexibility index (Phi) is 7.95. The minimum Gasteiger partial charge on any atom is -0.308 e. The fourth-order valence-corrected chi connectivity index (χ4v) is 9.41. The summed E-state index contributed by atoms with van der Waals surface area (Å²) in [6.07, 6.45) is 4.41. The molecule has 2 aliphatic rings. The molecular weight excluding hydrogens is 579 g/mol. The molecule has 10 heteroatoms. The van der Waals surface area contributed by atoms with E-state index in [-0.39, 0.29) is 23.5 Å². The van der Waals surface area contributed by atoms with Crippen LogP contribution in [0.1, 0.15) is 63.3 Å². The van der Waals surface area contributed by atoms with Crippen molar-refractivity contribution < 1.29 is 13.2 Å². The van der Waals surface area contributed by atoms with Gasteiger partial charge in [0.05, 0.1) is 11.4 Å². The van der Waals surface area contributed by atoms with Gasteiger partial charge in [-0.25, -0.2) is 17.9 Å². The van der Waals surface area contributed by atoms with Crippen LogP contribution in [-0.4, -0.2) is 40.6 Å². The molecule has 2 fully saturated rings. The number of nitrogens with one attached hydrogen (secondary N) is 2. The molecule has 226 valence electrons. The number of rotatable bonds is 7. The molecule has 6 rings (SSSR count). The van der Waals surface area contributed by atoms with Crippen molar-refractivity contribution in [3.63, 3.8) is 0 Å². The number of nitrogens with zero attached hydrogens (tertiary/aromatic N) is 3. The summed E-state index contributed by atoms with van der Waals surface area (Å²) < 4.78 is 30.6. The molecule has 0 aliphatic carbocycles. The maximum atomic E-state index is 13.3. The van der Waals surface area contributed by atoms with E-state index in [0.717, 1.165) is 54.6 Å². The maximum absolute atomic E-state index is 13.3. The number of aryl methyl sites for hydroxylation is 1. The molecule has 0 radical (unpaired) electrons. The molecule has 4 aromatic rings. The van der Waals surface area contributed by atoms with Crippen LogP contribution in [0.5, 0.6) is 0 Å². The molecule has 2 aromatic heterocycles. The van der Waals surface area contributed by atoms with E-state index >= 15 is 0 Å². The minimum atomic E-state index is -3.44. The second-order valence-corrected chi connectivity index (χ2v) is 15.9. The van der Waals surface area contributed by atoms with E-state index in [2.05, 4.69) is 37.5 Å². The summed E-state index contributed by atoms with van der Waals surface area (Å²) in [6.45, 7) is 8.34. The van der Waals surface area contributed by atoms with Crippen molar-refractivity contribution in [2.75, 3.05) is 10.6 Å². The van der Waals surface area contributed by atoms with Gasteiger partial charge in [-0.2, -0.15) is 9.40 Å². The Labute approximate surface area is 258 Å². The quantitative estimate of drug-likeness (QED) is 0.227. The Bertz CT molecular complexity index is 1690. The van der Waals surface area contributed by atoms with E-state index < -0.39 is 10.0 Å². The summed E-state index contributed by atoms with van der Waals surface area (Å²) >= 11 is 1.29. The van der Waals surface area contributed by atoms with Gasteiger partial charge in [-0.15, -0.1) is 11.3 Å². The number of urea groups is 1. The number of carbonyl (C=O) groups is 1. The Hall–Kier alpha value is -3.47. The molecule has 8 nitrogen and oxygen atoms in total. The zero-order valence-electron chi connectivity index (χ0n) is 25.1. The molecule has 2 aliphatic heterocycles. The predicted molar refractivity (Wildman–Crippen MR) is 173 cm³/mol. The van der Waals surface area contributed by atoms with E-state index in [1.807, 2.05) is 60.8 Å². The van der Waals surface area contributed by atoms with E-state index in [1.54, 1.807) is 21.1 Å². The monoisotopic (exact) mass is 617 g/mol. The zero-order valence-corrected chi connectivity index (χ0v) is 26.7. The minimum absolute atomic E-state index is 0.0549. The molecule has 4 heterocycles. The van der Waals surface area contributed by atoms with Gasteiger partial charge >= 0.3 is 6.03 Å². The SMILES string of the molecule is Cc1ccc(-n2nc(C(C)(C)C)cc2NC(=O)Nc2cccc(CC3CC4CCC(C3)N4S(=O)(=O)c3cccs3)c2)cc1. The number of thiophene rings is 1. The molecule has 43 heavy (non-hydrogen) atoms. The average Bonchev–Trinajstić information content (AvgIpc) is 3.69. The Morgan fingerprint density at radius 3 is 2.35 bits per heavy atom. The molecule has 2 unspecified atom stereocenters. The van der Waals surface area contributed by atoms with Gasteiger partial charge in [0.1, 0.15) is 10.0 Å². The van der Waals surface area contributed by atoms with Gasteiger partial charge < -0.3 is 5.32 Å². The van der Waals surface area contributed by atoms with Gasteiger partial charge in [-0.3, -0.25) is 5.32 Å². The van der Waals surface area contributed by atoms with Crippen LogP contribution in [-0.2, 0) is 21.9 Å². The van der Waals surface area contributed by atoms with Gasteiger partial charge in [0, 0.05) is 29.3 Å². The molecule has 2 bridgehead atoms. The predicted octanol–water partition coefficient (Wildman–Crippen LogP) is 7.36. The lowest BCUT2D eigenvalue weighted by atomic mass is 9.87. The van der Waals surface area contributed by atoms with E-state index in [1.165, 1.54) is 11.3 Å². The third-order valence-corrected chi connectivity index (χ3v) is 11.9. The first-order chi connectivity index (χ1) is 20.5. The summed E-state index contributed by atoms with van der Waals surface area (Å²) in [7, 11) is -3.44. The van der Waals surface area contributed by atoms with Crippen LogP contribution in [0, 0.1) is 12.8 Å². The molecule has 0 spiro atoms. The lowest BCUT2D eigenvalue weighted by Crippen LogP contribution is -2.46. The number of hydrogen-bond acceptors (Lipinski definition) is 5. The topological polar surface area (TPSA) is 96.3 Å². The normalized spacial score (nSPS) is 20.7. The van der Waals surface area contributed by atoms with Gasteiger partial charge in [-0.05, 0) is 86.2 Å². The number of aromatic nitrogens is 2. The smallest absolute Gasteiger partial charge is 0.308 e. The van der Waals surface area contributed by atoms with Crippen LogP contribution >= 0.6 is 11.3 Å². The van der Waals surface area contributed by atoms with Crippen LogP contribution in [0.2, 0.25) is 0 Å². The molecule has 2 atom stereocenters. The third-order valence-electron chi connectivity index (χ3n) is 8.50. The second kappa shape index (κ2) is 11.6. The van der Waals surface area contributed by atoms with Crippen molar-refractivity contribution in [2.45, 2.75) is 81.5 Å². The zero-order chi connectivity index (χ0) is 30.4. The van der Waals surface area contributed by atoms with Gasteiger partial charge in [0.25, 0.3) is 10.0 Å². The molecule has 2 N–H and O–H groups in total.